The molecule has 1 N–H and O–H groups in total. The number of nitrogens with one attached hydrogen (secondary N) is 1. The van der Waals surface area contributed by atoms with Gasteiger partial charge in [-0.3, -0.25) is 15.0 Å². The van der Waals surface area contributed by atoms with Crippen molar-refractivity contribution >= 4 is 28.7 Å². The number of piperazine rings is 1. The Bertz CT molecular complexity index is 574. The predicted molar refractivity (Wildman–Crippen MR) is 94.2 cm³/mol. The summed E-state index contributed by atoms with van der Waals surface area (Å²) in [5, 5.41) is 14.6. The molecule has 1 aliphatic rings. The minimum absolute atomic E-state index is 0.00787. The lowest BCUT2D eigenvalue weighted by Gasteiger charge is -2.36. The van der Waals surface area contributed by atoms with Crippen molar-refractivity contribution in [1.29, 1.82) is 0 Å². The number of nitrogens with zero attached hydrogens (tertiary/aromatic N) is 3. The maximum absolute atomic E-state index is 10.8. The van der Waals surface area contributed by atoms with Crippen molar-refractivity contribution in [3.63, 3.8) is 0 Å². The Morgan fingerprint density at radius 2 is 2.09 bits per heavy atom. The van der Waals surface area contributed by atoms with Gasteiger partial charge in [-0.15, -0.1) is 0 Å². The molecule has 0 radical (unpaired) electrons. The number of nitro benzene ring substituents is 1. The SMILES string of the molecule is CCCN1CCN(C(=S)Nc2ccc([N+](=O)[O-])cc2OC)CC1. The molecule has 126 valence electrons. The highest BCUT2D eigenvalue weighted by molar-refractivity contribution is 7.80. The monoisotopic (exact) mass is 338 g/mol. The zero-order chi connectivity index (χ0) is 16.8. The lowest BCUT2D eigenvalue weighted by atomic mass is 10.2. The Hall–Kier alpha value is -1.93. The summed E-state index contributed by atoms with van der Waals surface area (Å²) in [6, 6.07) is 4.45. The molecule has 0 amide bonds. The molecule has 1 saturated heterocycles. The normalized spacial score (nSPS) is 15.3. The molecule has 0 atom stereocenters. The van der Waals surface area contributed by atoms with Gasteiger partial charge in [-0.1, -0.05) is 6.92 Å². The fourth-order valence-corrected chi connectivity index (χ4v) is 2.87. The van der Waals surface area contributed by atoms with E-state index in [0.29, 0.717) is 16.5 Å². The number of non-ortho nitro benzene ring substituents is 1. The second-order valence-corrected chi connectivity index (χ2v) is 5.79. The molecule has 2 rings (SSSR count). The van der Waals surface area contributed by atoms with Crippen LogP contribution in [0.5, 0.6) is 5.75 Å². The van der Waals surface area contributed by atoms with E-state index >= 15 is 0 Å². The average molecular weight is 338 g/mol. The molecule has 0 aromatic heterocycles. The number of benzene rings is 1. The molecule has 1 aliphatic heterocycles. The maximum Gasteiger partial charge on any atom is 0.273 e. The minimum atomic E-state index is -0.447. The first-order valence-electron chi connectivity index (χ1n) is 7.66. The first kappa shape index (κ1) is 17.4. The van der Waals surface area contributed by atoms with Gasteiger partial charge in [0.1, 0.15) is 5.75 Å². The summed E-state index contributed by atoms with van der Waals surface area (Å²) in [6.45, 7) is 7.03. The Balaban J connectivity index is 1.99. The van der Waals surface area contributed by atoms with Crippen LogP contribution in [0.2, 0.25) is 0 Å². The number of hydrogen-bond donors (Lipinski definition) is 1. The highest BCUT2D eigenvalue weighted by atomic mass is 32.1. The second kappa shape index (κ2) is 8.07. The molecule has 7 nitrogen and oxygen atoms in total. The third-order valence-corrected chi connectivity index (χ3v) is 4.20. The van der Waals surface area contributed by atoms with E-state index in [0.717, 1.165) is 39.1 Å². The van der Waals surface area contributed by atoms with E-state index in [-0.39, 0.29) is 5.69 Å². The van der Waals surface area contributed by atoms with Gasteiger partial charge in [-0.25, -0.2) is 0 Å². The van der Waals surface area contributed by atoms with Gasteiger partial charge < -0.3 is 15.0 Å². The summed E-state index contributed by atoms with van der Waals surface area (Å²) in [5.41, 5.74) is 0.630. The zero-order valence-electron chi connectivity index (χ0n) is 13.4. The summed E-state index contributed by atoms with van der Waals surface area (Å²) < 4.78 is 5.22. The van der Waals surface area contributed by atoms with Gasteiger partial charge in [-0.2, -0.15) is 0 Å². The largest absolute Gasteiger partial charge is 0.494 e. The summed E-state index contributed by atoms with van der Waals surface area (Å²) in [4.78, 5) is 14.9. The molecule has 0 saturated carbocycles. The number of methoxy groups -OCH3 is 1. The summed E-state index contributed by atoms with van der Waals surface area (Å²) >= 11 is 5.46. The van der Waals surface area contributed by atoms with Gasteiger partial charge in [0.05, 0.1) is 23.8 Å². The molecule has 0 unspecified atom stereocenters. The second-order valence-electron chi connectivity index (χ2n) is 5.40. The quantitative estimate of drug-likeness (QED) is 0.502. The number of anilines is 1. The van der Waals surface area contributed by atoms with Crippen molar-refractivity contribution < 1.29 is 9.66 Å². The van der Waals surface area contributed by atoms with Crippen LogP contribution in [0, 0.1) is 10.1 Å². The Morgan fingerprint density at radius 1 is 1.39 bits per heavy atom. The van der Waals surface area contributed by atoms with Crippen LogP contribution in [0.15, 0.2) is 18.2 Å². The third kappa shape index (κ3) is 4.52. The molecular weight excluding hydrogens is 316 g/mol. The van der Waals surface area contributed by atoms with Crippen LogP contribution in [0.3, 0.4) is 0 Å². The molecular formula is C15H22N4O3S. The topological polar surface area (TPSA) is 70.9 Å². The van der Waals surface area contributed by atoms with E-state index in [9.17, 15) is 10.1 Å². The van der Waals surface area contributed by atoms with Crippen molar-refractivity contribution in [2.45, 2.75) is 13.3 Å². The number of nitro groups is 1. The van der Waals surface area contributed by atoms with Crippen LogP contribution >= 0.6 is 12.2 Å². The van der Waals surface area contributed by atoms with Crippen molar-refractivity contribution in [2.24, 2.45) is 0 Å². The molecule has 0 spiro atoms. The molecule has 0 bridgehead atoms. The van der Waals surface area contributed by atoms with Crippen molar-refractivity contribution in [2.75, 3.05) is 45.2 Å². The average Bonchev–Trinajstić information content (AvgIpc) is 2.56. The van der Waals surface area contributed by atoms with Gasteiger partial charge >= 0.3 is 0 Å². The molecule has 1 heterocycles. The van der Waals surface area contributed by atoms with Crippen LogP contribution in [0.25, 0.3) is 0 Å². The van der Waals surface area contributed by atoms with Gasteiger partial charge in [0.2, 0.25) is 0 Å². The summed E-state index contributed by atoms with van der Waals surface area (Å²) in [5.74, 6) is 0.408. The van der Waals surface area contributed by atoms with E-state index in [1.807, 2.05) is 0 Å². The van der Waals surface area contributed by atoms with E-state index in [1.54, 1.807) is 6.07 Å². The van der Waals surface area contributed by atoms with Crippen LogP contribution in [-0.4, -0.2) is 59.7 Å². The van der Waals surface area contributed by atoms with Crippen LogP contribution in [0.1, 0.15) is 13.3 Å². The van der Waals surface area contributed by atoms with Gasteiger partial charge in [-0.05, 0) is 31.2 Å². The van der Waals surface area contributed by atoms with E-state index in [4.69, 9.17) is 17.0 Å². The van der Waals surface area contributed by atoms with Crippen molar-refractivity contribution in [3.05, 3.63) is 28.3 Å². The molecule has 1 aromatic carbocycles. The summed E-state index contributed by atoms with van der Waals surface area (Å²) in [7, 11) is 1.48. The number of thiocarbonyl (C=S) groups is 1. The standard InChI is InChI=1S/C15H22N4O3S/c1-3-6-17-7-9-18(10-8-17)15(23)16-13-5-4-12(19(20)21)11-14(13)22-2/h4-5,11H,3,6-10H2,1-2H3,(H,16,23). The Labute approximate surface area is 141 Å². The first-order chi connectivity index (χ1) is 11.0. The van der Waals surface area contributed by atoms with Crippen LogP contribution in [0.4, 0.5) is 11.4 Å². The third-order valence-electron chi connectivity index (χ3n) is 3.84. The summed E-state index contributed by atoms with van der Waals surface area (Å²) in [6.07, 6.45) is 1.16. The van der Waals surface area contributed by atoms with E-state index < -0.39 is 4.92 Å². The minimum Gasteiger partial charge on any atom is -0.494 e. The highest BCUT2D eigenvalue weighted by Gasteiger charge is 2.19. The molecule has 1 fully saturated rings. The van der Waals surface area contributed by atoms with Crippen LogP contribution in [-0.2, 0) is 0 Å². The smallest absolute Gasteiger partial charge is 0.273 e. The lowest BCUT2D eigenvalue weighted by molar-refractivity contribution is -0.384. The number of ether oxygens (including phenoxy) is 1. The molecule has 1 aromatic rings. The Morgan fingerprint density at radius 3 is 2.65 bits per heavy atom. The maximum atomic E-state index is 10.8. The first-order valence-corrected chi connectivity index (χ1v) is 8.06. The van der Waals surface area contributed by atoms with E-state index in [2.05, 4.69) is 22.0 Å². The van der Waals surface area contributed by atoms with Crippen LogP contribution < -0.4 is 10.1 Å². The molecule has 8 heteroatoms. The molecule has 23 heavy (non-hydrogen) atoms. The van der Waals surface area contributed by atoms with Crippen molar-refractivity contribution in [1.82, 2.24) is 9.80 Å². The Kier molecular flexibility index (Phi) is 6.12. The zero-order valence-corrected chi connectivity index (χ0v) is 14.3. The number of hydrogen-bond acceptors (Lipinski definition) is 5. The van der Waals surface area contributed by atoms with Gasteiger partial charge in [0.15, 0.2) is 5.11 Å². The van der Waals surface area contributed by atoms with E-state index in [1.165, 1.54) is 19.2 Å². The van der Waals surface area contributed by atoms with Crippen molar-refractivity contribution in [3.8, 4) is 5.75 Å². The van der Waals surface area contributed by atoms with Gasteiger partial charge in [0, 0.05) is 32.2 Å². The number of rotatable bonds is 5. The molecule has 0 aliphatic carbocycles. The predicted octanol–water partition coefficient (Wildman–Crippen LogP) is 2.33. The highest BCUT2D eigenvalue weighted by Crippen LogP contribution is 2.29. The fraction of sp³-hybridized carbons (Fsp3) is 0.533. The fourth-order valence-electron chi connectivity index (χ4n) is 2.58. The van der Waals surface area contributed by atoms with Gasteiger partial charge in [0.25, 0.3) is 5.69 Å². The lowest BCUT2D eigenvalue weighted by Crippen LogP contribution is -2.50.